The predicted molar refractivity (Wildman–Crippen MR) is 65.1 cm³/mol. The molecule has 15 heavy (non-hydrogen) atoms. The third kappa shape index (κ3) is 3.32. The van der Waals surface area contributed by atoms with Gasteiger partial charge in [-0.05, 0) is 45.3 Å². The van der Waals surface area contributed by atoms with Gasteiger partial charge in [-0.3, -0.25) is 4.90 Å². The van der Waals surface area contributed by atoms with Crippen molar-refractivity contribution in [1.29, 1.82) is 0 Å². The van der Waals surface area contributed by atoms with Gasteiger partial charge in [0.05, 0.1) is 0 Å². The van der Waals surface area contributed by atoms with Crippen molar-refractivity contribution in [3.8, 4) is 0 Å². The van der Waals surface area contributed by atoms with E-state index in [1.54, 1.807) is 5.57 Å². The molecule has 2 aliphatic rings. The molecule has 0 unspecified atom stereocenters. The average molecular weight is 208 g/mol. The highest BCUT2D eigenvalue weighted by atomic mass is 15.1. The Labute approximate surface area is 93.9 Å². The number of hydrogen-bond donors (Lipinski definition) is 0. The van der Waals surface area contributed by atoms with Crippen LogP contribution in [0.25, 0.3) is 0 Å². The molecule has 0 aromatic carbocycles. The lowest BCUT2D eigenvalue weighted by Gasteiger charge is -2.17. The Hall–Kier alpha value is -0.340. The molecule has 1 fully saturated rings. The fourth-order valence-electron chi connectivity index (χ4n) is 2.65. The Bertz CT molecular complexity index is 217. The van der Waals surface area contributed by atoms with Crippen LogP contribution in [-0.4, -0.2) is 49.1 Å². The number of rotatable bonds is 5. The normalized spacial score (nSPS) is 23.7. The summed E-state index contributed by atoms with van der Waals surface area (Å²) in [6, 6.07) is 0. The van der Waals surface area contributed by atoms with E-state index < -0.39 is 0 Å². The maximum atomic E-state index is 2.61. The Morgan fingerprint density at radius 2 is 1.93 bits per heavy atom. The molecule has 0 aromatic rings. The summed E-state index contributed by atoms with van der Waals surface area (Å²) < 4.78 is 0. The molecule has 0 N–H and O–H groups in total. The maximum absolute atomic E-state index is 2.61. The summed E-state index contributed by atoms with van der Waals surface area (Å²) in [4.78, 5) is 5.17. The molecular formula is C13H24N2. The van der Waals surface area contributed by atoms with E-state index in [9.17, 15) is 0 Å². The van der Waals surface area contributed by atoms with Gasteiger partial charge in [-0.15, -0.1) is 0 Å². The molecule has 0 spiro atoms. The van der Waals surface area contributed by atoms with E-state index in [1.165, 1.54) is 65.0 Å². The summed E-state index contributed by atoms with van der Waals surface area (Å²) in [5.74, 6) is 0. The second-order valence-corrected chi connectivity index (χ2v) is 4.90. The lowest BCUT2D eigenvalue weighted by Crippen LogP contribution is -2.24. The van der Waals surface area contributed by atoms with Crippen molar-refractivity contribution in [1.82, 2.24) is 9.80 Å². The van der Waals surface area contributed by atoms with Crippen LogP contribution in [0.5, 0.6) is 0 Å². The van der Waals surface area contributed by atoms with E-state index in [1.807, 2.05) is 0 Å². The summed E-state index contributed by atoms with van der Waals surface area (Å²) in [5.41, 5.74) is 1.68. The second-order valence-electron chi connectivity index (χ2n) is 4.90. The molecule has 0 saturated carbocycles. The Morgan fingerprint density at radius 3 is 2.67 bits per heavy atom. The van der Waals surface area contributed by atoms with Crippen molar-refractivity contribution in [2.75, 3.05) is 39.3 Å². The molecule has 0 atom stereocenters. The Morgan fingerprint density at radius 1 is 1.13 bits per heavy atom. The van der Waals surface area contributed by atoms with E-state index in [0.29, 0.717) is 0 Å². The van der Waals surface area contributed by atoms with Gasteiger partial charge in [0.1, 0.15) is 0 Å². The second kappa shape index (κ2) is 5.66. The van der Waals surface area contributed by atoms with Crippen molar-refractivity contribution < 1.29 is 0 Å². The van der Waals surface area contributed by atoms with Gasteiger partial charge in [0.25, 0.3) is 0 Å². The summed E-state index contributed by atoms with van der Waals surface area (Å²) in [7, 11) is 0. The van der Waals surface area contributed by atoms with Gasteiger partial charge < -0.3 is 4.90 Å². The fourth-order valence-corrected chi connectivity index (χ4v) is 2.65. The first-order valence-electron chi connectivity index (χ1n) is 6.51. The van der Waals surface area contributed by atoms with Crippen LogP contribution in [0.3, 0.4) is 0 Å². The Balaban J connectivity index is 1.63. The van der Waals surface area contributed by atoms with E-state index in [2.05, 4.69) is 22.8 Å². The minimum Gasteiger partial charge on any atom is -0.303 e. The lowest BCUT2D eigenvalue weighted by atomic mass is 10.2. The molecule has 2 rings (SSSR count). The SMILES string of the molecule is CCCN1CC=C(CCN2CCCC2)C1. The minimum atomic E-state index is 1.20. The highest BCUT2D eigenvalue weighted by Gasteiger charge is 2.15. The number of hydrogen-bond acceptors (Lipinski definition) is 2. The molecule has 0 aliphatic carbocycles. The van der Waals surface area contributed by atoms with Crippen molar-refractivity contribution in [3.63, 3.8) is 0 Å². The third-order valence-corrected chi connectivity index (χ3v) is 3.55. The molecule has 0 radical (unpaired) electrons. The van der Waals surface area contributed by atoms with Crippen molar-refractivity contribution in [2.24, 2.45) is 0 Å². The Kier molecular flexibility index (Phi) is 4.21. The van der Waals surface area contributed by atoms with Gasteiger partial charge >= 0.3 is 0 Å². The van der Waals surface area contributed by atoms with Crippen LogP contribution in [-0.2, 0) is 0 Å². The zero-order valence-electron chi connectivity index (χ0n) is 10.0. The topological polar surface area (TPSA) is 6.48 Å². The van der Waals surface area contributed by atoms with E-state index in [-0.39, 0.29) is 0 Å². The number of likely N-dealkylation sites (tertiary alicyclic amines) is 1. The molecule has 2 heterocycles. The fraction of sp³-hybridized carbons (Fsp3) is 0.846. The molecule has 2 aliphatic heterocycles. The minimum absolute atomic E-state index is 1.20. The summed E-state index contributed by atoms with van der Waals surface area (Å²) in [6.07, 6.45) is 7.88. The van der Waals surface area contributed by atoms with Crippen LogP contribution in [0.4, 0.5) is 0 Å². The van der Waals surface area contributed by atoms with Gasteiger partial charge in [0.15, 0.2) is 0 Å². The smallest absolute Gasteiger partial charge is 0.0197 e. The molecule has 2 heteroatoms. The molecule has 2 nitrogen and oxygen atoms in total. The zero-order chi connectivity index (χ0) is 10.5. The maximum Gasteiger partial charge on any atom is 0.0197 e. The van der Waals surface area contributed by atoms with E-state index in [4.69, 9.17) is 0 Å². The van der Waals surface area contributed by atoms with E-state index >= 15 is 0 Å². The van der Waals surface area contributed by atoms with Gasteiger partial charge in [-0.25, -0.2) is 0 Å². The molecular weight excluding hydrogens is 184 g/mol. The van der Waals surface area contributed by atoms with Crippen molar-refractivity contribution in [2.45, 2.75) is 32.6 Å². The molecule has 0 bridgehead atoms. The largest absolute Gasteiger partial charge is 0.303 e. The van der Waals surface area contributed by atoms with Gasteiger partial charge in [-0.1, -0.05) is 18.6 Å². The monoisotopic (exact) mass is 208 g/mol. The first-order valence-corrected chi connectivity index (χ1v) is 6.51. The lowest BCUT2D eigenvalue weighted by molar-refractivity contribution is 0.327. The zero-order valence-corrected chi connectivity index (χ0v) is 10.0. The molecule has 1 saturated heterocycles. The standard InChI is InChI=1S/C13H24N2/c1-2-7-15-11-6-13(12-15)5-10-14-8-3-4-9-14/h6H,2-5,7-12H2,1H3. The number of nitrogens with zero attached hydrogens (tertiary/aromatic N) is 2. The molecule has 0 amide bonds. The summed E-state index contributed by atoms with van der Waals surface area (Å²) >= 11 is 0. The average Bonchev–Trinajstić information content (AvgIpc) is 2.85. The highest BCUT2D eigenvalue weighted by Crippen LogP contribution is 2.15. The van der Waals surface area contributed by atoms with Crippen LogP contribution in [0, 0.1) is 0 Å². The van der Waals surface area contributed by atoms with Crippen LogP contribution < -0.4 is 0 Å². The summed E-state index contributed by atoms with van der Waals surface area (Å²) in [6.45, 7) is 9.94. The van der Waals surface area contributed by atoms with E-state index in [0.717, 1.165) is 0 Å². The van der Waals surface area contributed by atoms with Crippen molar-refractivity contribution >= 4 is 0 Å². The quantitative estimate of drug-likeness (QED) is 0.639. The molecule has 86 valence electrons. The summed E-state index contributed by atoms with van der Waals surface area (Å²) in [5, 5.41) is 0. The van der Waals surface area contributed by atoms with Gasteiger partial charge in [0.2, 0.25) is 0 Å². The van der Waals surface area contributed by atoms with Crippen LogP contribution in [0.1, 0.15) is 32.6 Å². The van der Waals surface area contributed by atoms with Crippen LogP contribution in [0.15, 0.2) is 11.6 Å². The molecule has 0 aromatic heterocycles. The van der Waals surface area contributed by atoms with Crippen LogP contribution in [0.2, 0.25) is 0 Å². The van der Waals surface area contributed by atoms with Crippen molar-refractivity contribution in [3.05, 3.63) is 11.6 Å². The third-order valence-electron chi connectivity index (χ3n) is 3.55. The van der Waals surface area contributed by atoms with Gasteiger partial charge in [-0.2, -0.15) is 0 Å². The van der Waals surface area contributed by atoms with Gasteiger partial charge in [0, 0.05) is 19.6 Å². The highest BCUT2D eigenvalue weighted by molar-refractivity contribution is 5.12. The first-order chi connectivity index (χ1) is 7.38. The first kappa shape index (κ1) is 11.2. The predicted octanol–water partition coefficient (Wildman–Crippen LogP) is 2.12. The van der Waals surface area contributed by atoms with Crippen LogP contribution >= 0.6 is 0 Å².